The largest absolute Gasteiger partial charge is 0.293 e. The monoisotopic (exact) mass is 280 g/mol. The molecule has 0 aliphatic heterocycles. The molecule has 18 heavy (non-hydrogen) atoms. The Morgan fingerprint density at radius 1 is 1.17 bits per heavy atom. The van der Waals surface area contributed by atoms with Gasteiger partial charge in [0.05, 0.1) is 12.9 Å². The molecular formula is C15H24OSSi. The van der Waals surface area contributed by atoms with E-state index in [4.69, 9.17) is 0 Å². The summed E-state index contributed by atoms with van der Waals surface area (Å²) in [7, 11) is -1.67. The van der Waals surface area contributed by atoms with E-state index in [-0.39, 0.29) is 9.91 Å². The van der Waals surface area contributed by atoms with Crippen molar-refractivity contribution < 1.29 is 4.79 Å². The minimum atomic E-state index is -1.67. The smallest absolute Gasteiger partial charge is 0.172 e. The van der Waals surface area contributed by atoms with Crippen LogP contribution >= 0.6 is 11.8 Å². The number of rotatable bonds is 4. The molecule has 0 spiro atoms. The Balaban J connectivity index is 3.09. The fraction of sp³-hybridized carbons (Fsp3) is 0.533. The van der Waals surface area contributed by atoms with Crippen LogP contribution in [0.3, 0.4) is 0 Å². The molecule has 0 saturated carbocycles. The van der Waals surface area contributed by atoms with E-state index in [1.807, 2.05) is 30.3 Å². The second kappa shape index (κ2) is 5.62. The molecule has 0 aliphatic carbocycles. The van der Waals surface area contributed by atoms with Crippen LogP contribution in [0.4, 0.5) is 0 Å². The van der Waals surface area contributed by atoms with E-state index in [0.717, 1.165) is 5.56 Å². The first kappa shape index (κ1) is 15.5. The van der Waals surface area contributed by atoms with Gasteiger partial charge < -0.3 is 0 Å². The first-order chi connectivity index (χ1) is 8.21. The van der Waals surface area contributed by atoms with Crippen LogP contribution in [0.5, 0.6) is 0 Å². The lowest BCUT2D eigenvalue weighted by Gasteiger charge is -2.41. The molecule has 0 bridgehead atoms. The van der Waals surface area contributed by atoms with Gasteiger partial charge in [-0.25, -0.2) is 0 Å². The minimum absolute atomic E-state index is 0.125. The zero-order valence-corrected chi connectivity index (χ0v) is 14.1. The quantitative estimate of drug-likeness (QED) is 0.590. The van der Waals surface area contributed by atoms with Gasteiger partial charge in [0.25, 0.3) is 0 Å². The average Bonchev–Trinajstić information content (AvgIpc) is 2.29. The van der Waals surface area contributed by atoms with Gasteiger partial charge in [-0.05, 0) is 11.3 Å². The summed E-state index contributed by atoms with van der Waals surface area (Å²) in [6.45, 7) is 11.5. The molecule has 3 heteroatoms. The minimum Gasteiger partial charge on any atom is -0.293 e. The number of carbonyl (C=O) groups excluding carboxylic acids is 1. The molecule has 1 unspecified atom stereocenters. The van der Waals surface area contributed by atoms with Gasteiger partial charge in [-0.3, -0.25) is 4.79 Å². The summed E-state index contributed by atoms with van der Waals surface area (Å²) < 4.78 is 0. The Kier molecular flexibility index (Phi) is 4.84. The summed E-state index contributed by atoms with van der Waals surface area (Å²) >= 11 is 1.72. The van der Waals surface area contributed by atoms with Crippen molar-refractivity contribution in [2.45, 2.75) is 43.8 Å². The fourth-order valence-electron chi connectivity index (χ4n) is 1.88. The van der Waals surface area contributed by atoms with Gasteiger partial charge in [0, 0.05) is 5.56 Å². The van der Waals surface area contributed by atoms with E-state index in [2.05, 4.69) is 40.1 Å². The molecule has 0 aliphatic rings. The molecule has 1 atom stereocenters. The number of thioether (sulfide) groups is 1. The van der Waals surface area contributed by atoms with E-state index in [1.165, 1.54) is 0 Å². The Bertz CT molecular complexity index is 406. The highest BCUT2D eigenvalue weighted by Crippen LogP contribution is 2.42. The first-order valence-electron chi connectivity index (χ1n) is 6.34. The molecule has 0 saturated heterocycles. The first-order valence-corrected chi connectivity index (χ1v) is 10.7. The highest BCUT2D eigenvalue weighted by atomic mass is 32.2. The maximum Gasteiger partial charge on any atom is 0.172 e. The predicted octanol–water partition coefficient (Wildman–Crippen LogP) is 4.65. The van der Waals surface area contributed by atoms with Crippen molar-refractivity contribution in [1.29, 1.82) is 0 Å². The third-order valence-corrected chi connectivity index (χ3v) is 12.7. The van der Waals surface area contributed by atoms with Crippen LogP contribution < -0.4 is 0 Å². The lowest BCUT2D eigenvalue weighted by molar-refractivity contribution is 0.100. The molecule has 0 fully saturated rings. The molecule has 0 heterocycles. The Morgan fingerprint density at radius 2 is 1.67 bits per heavy atom. The standard InChI is InChI=1S/C15H24OSSi/c1-15(2,3)18(5,6)14(17-4)13(16)12-10-8-7-9-11-12/h7-11,14H,1-6H3. The fourth-order valence-corrected chi connectivity index (χ4v) is 7.25. The third-order valence-electron chi connectivity index (χ3n) is 4.12. The number of hydrogen-bond donors (Lipinski definition) is 0. The van der Waals surface area contributed by atoms with Crippen LogP contribution in [0.2, 0.25) is 18.1 Å². The van der Waals surface area contributed by atoms with Crippen molar-refractivity contribution >= 4 is 25.6 Å². The number of carbonyl (C=O) groups is 1. The molecule has 0 aromatic heterocycles. The van der Waals surface area contributed by atoms with Crippen molar-refractivity contribution in [2.75, 3.05) is 6.26 Å². The molecule has 1 aromatic carbocycles. The zero-order valence-electron chi connectivity index (χ0n) is 12.3. The molecule has 1 aromatic rings. The maximum atomic E-state index is 12.7. The maximum absolute atomic E-state index is 12.7. The van der Waals surface area contributed by atoms with Gasteiger partial charge in [-0.2, -0.15) is 11.8 Å². The van der Waals surface area contributed by atoms with Crippen LogP contribution in [0, 0.1) is 0 Å². The summed E-state index contributed by atoms with van der Waals surface area (Å²) in [5.74, 6) is 0.301. The summed E-state index contributed by atoms with van der Waals surface area (Å²) in [4.78, 5) is 12.8. The van der Waals surface area contributed by atoms with Crippen LogP contribution in [-0.4, -0.2) is 25.0 Å². The molecule has 1 nitrogen and oxygen atoms in total. The van der Waals surface area contributed by atoms with Crippen molar-refractivity contribution in [2.24, 2.45) is 0 Å². The Labute approximate surface area is 116 Å². The van der Waals surface area contributed by atoms with Gasteiger partial charge in [0.1, 0.15) is 0 Å². The predicted molar refractivity (Wildman–Crippen MR) is 85.3 cm³/mol. The summed E-state index contributed by atoms with van der Waals surface area (Å²) in [5, 5.41) is 0.227. The molecular weight excluding hydrogens is 256 g/mol. The van der Waals surface area contributed by atoms with E-state index < -0.39 is 8.07 Å². The number of benzene rings is 1. The third kappa shape index (κ3) is 3.07. The van der Waals surface area contributed by atoms with Gasteiger partial charge >= 0.3 is 0 Å². The molecule has 1 rings (SSSR count). The van der Waals surface area contributed by atoms with Crippen LogP contribution in [0.25, 0.3) is 0 Å². The summed E-state index contributed by atoms with van der Waals surface area (Å²) in [6.07, 6.45) is 2.06. The highest BCUT2D eigenvalue weighted by Gasteiger charge is 2.45. The molecule has 100 valence electrons. The van der Waals surface area contributed by atoms with E-state index in [1.54, 1.807) is 11.8 Å². The SMILES string of the molecule is CSC(C(=O)c1ccccc1)[Si](C)(C)C(C)(C)C. The molecule has 0 N–H and O–H groups in total. The van der Waals surface area contributed by atoms with Crippen LogP contribution in [0.1, 0.15) is 31.1 Å². The van der Waals surface area contributed by atoms with Gasteiger partial charge in [-0.1, -0.05) is 64.2 Å². The van der Waals surface area contributed by atoms with E-state index >= 15 is 0 Å². The lowest BCUT2D eigenvalue weighted by Crippen LogP contribution is -2.51. The summed E-state index contributed by atoms with van der Waals surface area (Å²) in [6, 6.07) is 9.70. The lowest BCUT2D eigenvalue weighted by atomic mass is 10.1. The van der Waals surface area contributed by atoms with E-state index in [9.17, 15) is 4.79 Å². The Hall–Kier alpha value is -0.543. The second-order valence-corrected chi connectivity index (χ2v) is 13.2. The number of ketones is 1. The van der Waals surface area contributed by atoms with Crippen LogP contribution in [0.15, 0.2) is 30.3 Å². The van der Waals surface area contributed by atoms with Gasteiger partial charge in [0.15, 0.2) is 5.78 Å². The second-order valence-electron chi connectivity index (χ2n) is 6.32. The normalized spacial score (nSPS) is 14.3. The highest BCUT2D eigenvalue weighted by molar-refractivity contribution is 8.01. The number of Topliss-reactive ketones (excluding diaryl/α,β-unsaturated/α-hetero) is 1. The van der Waals surface area contributed by atoms with Gasteiger partial charge in [0.2, 0.25) is 0 Å². The van der Waals surface area contributed by atoms with Crippen molar-refractivity contribution in [3.8, 4) is 0 Å². The summed E-state index contributed by atoms with van der Waals surface area (Å²) in [5.41, 5.74) is 0.849. The number of hydrogen-bond acceptors (Lipinski definition) is 2. The topological polar surface area (TPSA) is 17.1 Å². The van der Waals surface area contributed by atoms with E-state index in [0.29, 0.717) is 5.78 Å². The molecule has 0 amide bonds. The average molecular weight is 281 g/mol. The van der Waals surface area contributed by atoms with Crippen LogP contribution in [-0.2, 0) is 0 Å². The van der Waals surface area contributed by atoms with Crippen molar-refractivity contribution in [3.63, 3.8) is 0 Å². The zero-order chi connectivity index (χ0) is 14.0. The molecule has 0 radical (unpaired) electrons. The van der Waals surface area contributed by atoms with Gasteiger partial charge in [-0.15, -0.1) is 0 Å². The Morgan fingerprint density at radius 3 is 2.06 bits per heavy atom. The van der Waals surface area contributed by atoms with Crippen molar-refractivity contribution in [1.82, 2.24) is 0 Å². The van der Waals surface area contributed by atoms with Crippen molar-refractivity contribution in [3.05, 3.63) is 35.9 Å².